The van der Waals surface area contributed by atoms with E-state index in [9.17, 15) is 19.2 Å². The maximum absolute atomic E-state index is 12.9. The van der Waals surface area contributed by atoms with Gasteiger partial charge in [0.15, 0.2) is 11.2 Å². The Bertz CT molecular complexity index is 1810. The van der Waals surface area contributed by atoms with E-state index in [4.69, 9.17) is 20.8 Å². The van der Waals surface area contributed by atoms with E-state index in [1.165, 1.54) is 16.7 Å². The lowest BCUT2D eigenvalue weighted by atomic mass is 9.86. The molecule has 3 heterocycles. The quantitative estimate of drug-likeness (QED) is 0.211. The summed E-state index contributed by atoms with van der Waals surface area (Å²) in [5.41, 5.74) is 3.54. The standard InChI is InChI=1S/C31H33N3O6.C7H7Cl/c1-2-16-39-23-9-10-27-25(17-23)26(35)18-28(40-27)31(38)32-19-30(37)33-14-11-21(12-15-33)24-7-4-3-6-22(24)20-34-13-5-8-29(34)36;1-6-2-4-7(8)5-3-6/h2-4,6-7,9-10,17-18,21H,1,5,8,11-16,19-20H2,(H,32,38);2-5H,1H3. The van der Waals surface area contributed by atoms with E-state index >= 15 is 0 Å². The molecule has 2 saturated heterocycles. The molecule has 2 fully saturated rings. The maximum atomic E-state index is 12.9. The van der Waals surface area contributed by atoms with Gasteiger partial charge < -0.3 is 24.3 Å². The van der Waals surface area contributed by atoms with Crippen LogP contribution in [0.25, 0.3) is 11.0 Å². The molecule has 3 amide bonds. The summed E-state index contributed by atoms with van der Waals surface area (Å²) in [6, 6.07) is 21.9. The van der Waals surface area contributed by atoms with Crippen LogP contribution in [0.15, 0.2) is 94.7 Å². The van der Waals surface area contributed by atoms with E-state index in [-0.39, 0.29) is 35.1 Å². The third-order valence-electron chi connectivity index (χ3n) is 8.58. The van der Waals surface area contributed by atoms with Crippen molar-refractivity contribution in [1.82, 2.24) is 15.1 Å². The second-order valence-electron chi connectivity index (χ2n) is 12.0. The summed E-state index contributed by atoms with van der Waals surface area (Å²) < 4.78 is 11.1. The van der Waals surface area contributed by atoms with Crippen molar-refractivity contribution in [2.24, 2.45) is 0 Å². The van der Waals surface area contributed by atoms with Crippen molar-refractivity contribution in [1.29, 1.82) is 0 Å². The highest BCUT2D eigenvalue weighted by Crippen LogP contribution is 2.31. The van der Waals surface area contributed by atoms with Gasteiger partial charge >= 0.3 is 0 Å². The van der Waals surface area contributed by atoms with Crippen molar-refractivity contribution in [3.05, 3.63) is 123 Å². The molecule has 1 N–H and O–H groups in total. The minimum absolute atomic E-state index is 0.156. The Hall–Kier alpha value is -4.89. The summed E-state index contributed by atoms with van der Waals surface area (Å²) in [6.45, 7) is 8.35. The van der Waals surface area contributed by atoms with Gasteiger partial charge in [0.25, 0.3) is 5.91 Å². The summed E-state index contributed by atoms with van der Waals surface area (Å²) in [4.78, 5) is 54.0. The van der Waals surface area contributed by atoms with Crippen LogP contribution in [0, 0.1) is 6.92 Å². The second kappa shape index (κ2) is 16.3. The molecule has 6 rings (SSSR count). The van der Waals surface area contributed by atoms with E-state index in [0.29, 0.717) is 49.7 Å². The van der Waals surface area contributed by atoms with E-state index in [2.05, 4.69) is 24.0 Å². The number of halogens is 1. The van der Waals surface area contributed by atoms with Crippen LogP contribution < -0.4 is 15.5 Å². The Morgan fingerprint density at radius 2 is 1.77 bits per heavy atom. The molecule has 2 aliphatic rings. The summed E-state index contributed by atoms with van der Waals surface area (Å²) in [7, 11) is 0. The molecule has 0 aliphatic carbocycles. The third-order valence-corrected chi connectivity index (χ3v) is 8.83. The fraction of sp³-hybridized carbons (Fsp3) is 0.316. The minimum Gasteiger partial charge on any atom is -0.490 e. The normalized spacial score (nSPS) is 14.8. The van der Waals surface area contributed by atoms with Gasteiger partial charge in [-0.15, -0.1) is 0 Å². The molecule has 0 bridgehead atoms. The Morgan fingerprint density at radius 3 is 2.46 bits per heavy atom. The largest absolute Gasteiger partial charge is 0.490 e. The summed E-state index contributed by atoms with van der Waals surface area (Å²) in [5, 5.41) is 3.69. The zero-order chi connectivity index (χ0) is 34.0. The van der Waals surface area contributed by atoms with E-state index in [1.807, 2.05) is 48.2 Å². The van der Waals surface area contributed by atoms with Crippen LogP contribution >= 0.6 is 11.6 Å². The Kier molecular flexibility index (Phi) is 11.7. The smallest absolute Gasteiger partial charge is 0.287 e. The van der Waals surface area contributed by atoms with E-state index in [0.717, 1.165) is 36.9 Å². The Labute approximate surface area is 285 Å². The third kappa shape index (κ3) is 8.92. The van der Waals surface area contributed by atoms with Crippen LogP contribution in [0.4, 0.5) is 0 Å². The molecular weight excluding hydrogens is 630 g/mol. The number of piperidine rings is 1. The molecular formula is C38H40ClN3O6. The zero-order valence-corrected chi connectivity index (χ0v) is 27.8. The van der Waals surface area contributed by atoms with Crippen molar-refractivity contribution in [3.63, 3.8) is 0 Å². The molecule has 0 spiro atoms. The lowest BCUT2D eigenvalue weighted by Gasteiger charge is -2.33. The first kappa shape index (κ1) is 34.4. The molecule has 48 heavy (non-hydrogen) atoms. The summed E-state index contributed by atoms with van der Waals surface area (Å²) in [6.07, 6.45) is 4.76. The Morgan fingerprint density at radius 1 is 1.02 bits per heavy atom. The fourth-order valence-electron chi connectivity index (χ4n) is 5.97. The lowest BCUT2D eigenvalue weighted by molar-refractivity contribution is -0.131. The predicted octanol–water partition coefficient (Wildman–Crippen LogP) is 6.26. The molecule has 2 aliphatic heterocycles. The molecule has 0 radical (unpaired) electrons. The number of carbonyl (C=O) groups excluding carboxylic acids is 3. The predicted molar refractivity (Wildman–Crippen MR) is 186 cm³/mol. The topological polar surface area (TPSA) is 109 Å². The molecule has 1 aromatic heterocycles. The molecule has 0 atom stereocenters. The summed E-state index contributed by atoms with van der Waals surface area (Å²) >= 11 is 5.61. The average molecular weight is 670 g/mol. The van der Waals surface area contributed by atoms with Crippen molar-refractivity contribution in [2.75, 3.05) is 32.8 Å². The number of carbonyl (C=O) groups is 3. The molecule has 4 aromatic rings. The number of likely N-dealkylation sites (tertiary alicyclic amines) is 2. The number of nitrogens with one attached hydrogen (secondary N) is 1. The van der Waals surface area contributed by atoms with Crippen LogP contribution in [0.2, 0.25) is 5.02 Å². The van der Waals surface area contributed by atoms with Crippen LogP contribution in [0.1, 0.15) is 58.8 Å². The number of amides is 3. The van der Waals surface area contributed by atoms with Gasteiger partial charge in [0.1, 0.15) is 17.9 Å². The van der Waals surface area contributed by atoms with Gasteiger partial charge in [0, 0.05) is 43.7 Å². The zero-order valence-electron chi connectivity index (χ0n) is 27.1. The second-order valence-corrected chi connectivity index (χ2v) is 12.4. The number of nitrogens with zero attached hydrogens (tertiary/aromatic N) is 2. The van der Waals surface area contributed by atoms with Crippen molar-refractivity contribution in [3.8, 4) is 5.75 Å². The van der Waals surface area contributed by atoms with Gasteiger partial charge in [-0.3, -0.25) is 19.2 Å². The fourth-order valence-corrected chi connectivity index (χ4v) is 6.10. The van der Waals surface area contributed by atoms with Crippen LogP contribution in [0.5, 0.6) is 5.75 Å². The molecule has 9 nitrogen and oxygen atoms in total. The molecule has 0 unspecified atom stereocenters. The molecule has 10 heteroatoms. The number of rotatable bonds is 9. The van der Waals surface area contributed by atoms with Crippen LogP contribution in [-0.4, -0.2) is 60.3 Å². The molecule has 0 saturated carbocycles. The number of hydrogen-bond acceptors (Lipinski definition) is 6. The highest BCUT2D eigenvalue weighted by Gasteiger charge is 2.27. The maximum Gasteiger partial charge on any atom is 0.287 e. The van der Waals surface area contributed by atoms with Gasteiger partial charge in [0.05, 0.1) is 11.9 Å². The van der Waals surface area contributed by atoms with E-state index < -0.39 is 5.91 Å². The monoisotopic (exact) mass is 669 g/mol. The van der Waals surface area contributed by atoms with Gasteiger partial charge in [-0.2, -0.15) is 0 Å². The SMILES string of the molecule is C=CCOc1ccc2oc(C(=O)NCC(=O)N3CCC(c4ccccc4CN4CCCC4=O)CC3)cc(=O)c2c1.Cc1ccc(Cl)cc1. The Balaban J connectivity index is 0.000000494. The first-order chi connectivity index (χ1) is 23.2. The van der Waals surface area contributed by atoms with Crippen LogP contribution in [-0.2, 0) is 16.1 Å². The molecule has 3 aromatic carbocycles. The van der Waals surface area contributed by atoms with Crippen molar-refractivity contribution < 1.29 is 23.5 Å². The molecule has 250 valence electrons. The number of ether oxygens (including phenoxy) is 1. The number of aryl methyl sites for hydroxylation is 1. The first-order valence-electron chi connectivity index (χ1n) is 16.2. The number of fused-ring (bicyclic) bond motifs is 1. The average Bonchev–Trinajstić information content (AvgIpc) is 3.51. The van der Waals surface area contributed by atoms with Crippen LogP contribution in [0.3, 0.4) is 0 Å². The first-order valence-corrected chi connectivity index (χ1v) is 16.5. The summed E-state index contributed by atoms with van der Waals surface area (Å²) in [5.74, 6) is 0.0492. The highest BCUT2D eigenvalue weighted by molar-refractivity contribution is 6.30. The highest BCUT2D eigenvalue weighted by atomic mass is 35.5. The van der Waals surface area contributed by atoms with Crippen molar-refractivity contribution in [2.45, 2.75) is 45.1 Å². The number of hydrogen-bond donors (Lipinski definition) is 1. The van der Waals surface area contributed by atoms with Gasteiger partial charge in [0.2, 0.25) is 11.8 Å². The van der Waals surface area contributed by atoms with Gasteiger partial charge in [-0.05, 0) is 73.6 Å². The minimum atomic E-state index is -0.625. The number of benzene rings is 3. The van der Waals surface area contributed by atoms with Gasteiger partial charge in [-0.1, -0.05) is 66.2 Å². The van der Waals surface area contributed by atoms with E-state index in [1.54, 1.807) is 29.2 Å². The van der Waals surface area contributed by atoms with Crippen molar-refractivity contribution >= 4 is 40.3 Å². The van der Waals surface area contributed by atoms with Gasteiger partial charge in [-0.25, -0.2) is 0 Å². The lowest BCUT2D eigenvalue weighted by Crippen LogP contribution is -2.44.